The highest BCUT2D eigenvalue weighted by molar-refractivity contribution is 6.88. The Bertz CT molecular complexity index is 3330. The summed E-state index contributed by atoms with van der Waals surface area (Å²) in [6, 6.07) is 72.1. The van der Waals surface area contributed by atoms with Gasteiger partial charge in [-0.25, -0.2) is 9.97 Å². The minimum absolute atomic E-state index is 0.709. The van der Waals surface area contributed by atoms with Crippen LogP contribution >= 0.6 is 0 Å². The van der Waals surface area contributed by atoms with Crippen molar-refractivity contribution in [1.82, 2.24) is 19.1 Å². The van der Waals surface area contributed by atoms with Crippen molar-refractivity contribution in [2.24, 2.45) is 0 Å². The maximum Gasteiger partial charge on any atom is 0.160 e. The molecule has 8 aromatic carbocycles. The molecule has 0 N–H and O–H groups in total. The van der Waals surface area contributed by atoms with E-state index in [1.807, 2.05) is 24.3 Å². The molecule has 0 aliphatic rings. The number of para-hydroxylation sites is 2. The van der Waals surface area contributed by atoms with Gasteiger partial charge in [0, 0.05) is 49.6 Å². The van der Waals surface area contributed by atoms with Gasteiger partial charge in [0.25, 0.3) is 0 Å². The lowest BCUT2D eigenvalue weighted by molar-refractivity contribution is 1.16. The summed E-state index contributed by atoms with van der Waals surface area (Å²) < 4.78 is 4.80. The van der Waals surface area contributed by atoms with Crippen LogP contribution in [0.15, 0.2) is 200 Å². The fraction of sp³-hybridized carbons (Fsp3) is 0.0545. The molecule has 0 aliphatic heterocycles. The van der Waals surface area contributed by atoms with Crippen molar-refractivity contribution in [3.63, 3.8) is 0 Å². The Morgan fingerprint density at radius 3 is 1.40 bits per heavy atom. The maximum atomic E-state index is 5.14. The molecule has 286 valence electrons. The van der Waals surface area contributed by atoms with E-state index in [2.05, 4.69) is 205 Å². The van der Waals surface area contributed by atoms with Crippen molar-refractivity contribution in [2.45, 2.75) is 19.6 Å². The second-order valence-electron chi connectivity index (χ2n) is 16.7. The van der Waals surface area contributed by atoms with Gasteiger partial charge >= 0.3 is 0 Å². The molecule has 11 rings (SSSR count). The summed E-state index contributed by atoms with van der Waals surface area (Å²) in [6.07, 6.45) is 0. The van der Waals surface area contributed by atoms with E-state index in [1.54, 1.807) is 0 Å². The zero-order valence-electron chi connectivity index (χ0n) is 33.8. The van der Waals surface area contributed by atoms with Crippen LogP contribution in [0.25, 0.3) is 100 Å². The summed E-state index contributed by atoms with van der Waals surface area (Å²) in [4.78, 5) is 10.2. The van der Waals surface area contributed by atoms with Crippen LogP contribution in [0.5, 0.6) is 0 Å². The predicted molar refractivity (Wildman–Crippen MR) is 255 cm³/mol. The van der Waals surface area contributed by atoms with Gasteiger partial charge in [-0.2, -0.15) is 0 Å². The Hall–Kier alpha value is -7.34. The number of benzene rings is 8. The smallest absolute Gasteiger partial charge is 0.160 e. The Labute approximate surface area is 350 Å². The standard InChI is InChI=1S/C55H42N4Si/c1-60(2,3)44-29-27-42(28-30-44)58-51-23-12-10-21-45(51)47-34-39(25-31-53(47)58)40-26-32-54-48(35-40)46-22-11-13-24-52(46)59(54)43-20-14-19-41(33-43)50-36-49(37-15-6-4-7-16-37)56-55(57-50)38-17-8-5-9-18-38/h4-36H,1-3H3. The highest BCUT2D eigenvalue weighted by Crippen LogP contribution is 2.39. The number of nitrogens with zero attached hydrogens (tertiary/aromatic N) is 4. The van der Waals surface area contributed by atoms with E-state index in [4.69, 9.17) is 9.97 Å². The number of hydrogen-bond acceptors (Lipinski definition) is 2. The molecule has 0 saturated heterocycles. The van der Waals surface area contributed by atoms with Gasteiger partial charge in [0.2, 0.25) is 0 Å². The second kappa shape index (κ2) is 14.2. The first-order valence-electron chi connectivity index (χ1n) is 20.7. The summed E-state index contributed by atoms with van der Waals surface area (Å²) >= 11 is 0. The zero-order valence-corrected chi connectivity index (χ0v) is 34.8. The summed E-state index contributed by atoms with van der Waals surface area (Å²) in [5, 5.41) is 6.43. The third kappa shape index (κ3) is 6.14. The minimum Gasteiger partial charge on any atom is -0.309 e. The van der Waals surface area contributed by atoms with Crippen LogP contribution in [-0.4, -0.2) is 27.2 Å². The largest absolute Gasteiger partial charge is 0.309 e. The number of rotatable bonds is 7. The van der Waals surface area contributed by atoms with Gasteiger partial charge < -0.3 is 9.13 Å². The fourth-order valence-electron chi connectivity index (χ4n) is 8.84. The van der Waals surface area contributed by atoms with Crippen molar-refractivity contribution < 1.29 is 0 Å². The second-order valence-corrected chi connectivity index (χ2v) is 21.8. The predicted octanol–water partition coefficient (Wildman–Crippen LogP) is 13.9. The summed E-state index contributed by atoms with van der Waals surface area (Å²) in [5.74, 6) is 0.709. The average Bonchev–Trinajstić information content (AvgIpc) is 3.81. The molecule has 0 saturated carbocycles. The van der Waals surface area contributed by atoms with E-state index in [1.165, 1.54) is 54.6 Å². The first-order chi connectivity index (χ1) is 29.4. The zero-order chi connectivity index (χ0) is 40.4. The first-order valence-corrected chi connectivity index (χ1v) is 24.2. The molecule has 3 aromatic heterocycles. The molecule has 0 aliphatic carbocycles. The number of hydrogen-bond donors (Lipinski definition) is 0. The molecule has 11 aromatic rings. The van der Waals surface area contributed by atoms with Crippen molar-refractivity contribution in [3.05, 3.63) is 200 Å². The van der Waals surface area contributed by atoms with Crippen molar-refractivity contribution in [3.8, 4) is 56.4 Å². The SMILES string of the molecule is C[Si](C)(C)c1ccc(-n2c3ccccc3c3cc(-c4ccc5c(c4)c4ccccc4n5-c4cccc(-c5cc(-c6ccccc6)nc(-c6ccccc6)n5)c4)ccc32)cc1. The van der Waals surface area contributed by atoms with Gasteiger partial charge in [-0.1, -0.05) is 158 Å². The molecule has 0 amide bonds. The van der Waals surface area contributed by atoms with Crippen molar-refractivity contribution in [2.75, 3.05) is 0 Å². The molecule has 60 heavy (non-hydrogen) atoms. The Morgan fingerprint density at radius 1 is 0.333 bits per heavy atom. The molecule has 0 fully saturated rings. The van der Waals surface area contributed by atoms with Gasteiger partial charge in [-0.05, 0) is 77.9 Å². The highest BCUT2D eigenvalue weighted by Gasteiger charge is 2.19. The normalized spacial score (nSPS) is 11.9. The monoisotopic (exact) mass is 786 g/mol. The summed E-state index contributed by atoms with van der Waals surface area (Å²) in [5.41, 5.74) is 14.3. The minimum atomic E-state index is -1.41. The molecule has 0 unspecified atom stereocenters. The number of fused-ring (bicyclic) bond motifs is 6. The van der Waals surface area contributed by atoms with Gasteiger partial charge in [0.05, 0.1) is 41.5 Å². The van der Waals surface area contributed by atoms with Crippen LogP contribution < -0.4 is 5.19 Å². The first kappa shape index (κ1) is 35.8. The molecule has 3 heterocycles. The van der Waals surface area contributed by atoms with Gasteiger partial charge in [-0.3, -0.25) is 0 Å². The lowest BCUT2D eigenvalue weighted by Gasteiger charge is -2.17. The molecule has 0 radical (unpaired) electrons. The number of aromatic nitrogens is 4. The van der Waals surface area contributed by atoms with E-state index >= 15 is 0 Å². The molecule has 0 atom stereocenters. The third-order valence-electron chi connectivity index (χ3n) is 11.9. The fourth-order valence-corrected chi connectivity index (χ4v) is 10.0. The molecule has 5 heteroatoms. The average molecular weight is 787 g/mol. The topological polar surface area (TPSA) is 35.6 Å². The molecular formula is C55H42N4Si. The van der Waals surface area contributed by atoms with E-state index in [0.29, 0.717) is 5.82 Å². The van der Waals surface area contributed by atoms with Crippen molar-refractivity contribution in [1.29, 1.82) is 0 Å². The van der Waals surface area contributed by atoms with Crippen LogP contribution in [0.3, 0.4) is 0 Å². The lowest BCUT2D eigenvalue weighted by atomic mass is 10.0. The summed E-state index contributed by atoms with van der Waals surface area (Å²) in [7, 11) is -1.41. The van der Waals surface area contributed by atoms with Crippen LogP contribution in [0.2, 0.25) is 19.6 Å². The Morgan fingerprint density at radius 2 is 0.817 bits per heavy atom. The van der Waals surface area contributed by atoms with Gasteiger partial charge in [0.1, 0.15) is 0 Å². The molecule has 4 nitrogen and oxygen atoms in total. The van der Waals surface area contributed by atoms with Crippen molar-refractivity contribution >= 4 is 56.9 Å². The van der Waals surface area contributed by atoms with E-state index in [0.717, 1.165) is 44.8 Å². The van der Waals surface area contributed by atoms with Crippen LogP contribution in [-0.2, 0) is 0 Å². The van der Waals surface area contributed by atoms with Crippen LogP contribution in [0, 0.1) is 0 Å². The third-order valence-corrected chi connectivity index (χ3v) is 14.0. The van der Waals surface area contributed by atoms with Gasteiger partial charge in [-0.15, -0.1) is 0 Å². The quantitative estimate of drug-likeness (QED) is 0.151. The Kier molecular flexibility index (Phi) is 8.46. The maximum absolute atomic E-state index is 5.14. The van der Waals surface area contributed by atoms with E-state index in [-0.39, 0.29) is 0 Å². The Balaban J connectivity index is 1.02. The molecular weight excluding hydrogens is 745 g/mol. The van der Waals surface area contributed by atoms with E-state index in [9.17, 15) is 0 Å². The van der Waals surface area contributed by atoms with Gasteiger partial charge in [0.15, 0.2) is 5.82 Å². The molecule has 0 bridgehead atoms. The van der Waals surface area contributed by atoms with Crippen LogP contribution in [0.4, 0.5) is 0 Å². The lowest BCUT2D eigenvalue weighted by Crippen LogP contribution is -2.37. The van der Waals surface area contributed by atoms with E-state index < -0.39 is 8.07 Å². The van der Waals surface area contributed by atoms with Crippen LogP contribution in [0.1, 0.15) is 0 Å². The molecule has 0 spiro atoms. The highest BCUT2D eigenvalue weighted by atomic mass is 28.3. The summed E-state index contributed by atoms with van der Waals surface area (Å²) in [6.45, 7) is 7.21.